The molecule has 1 aromatic rings. The van der Waals surface area contributed by atoms with Crippen molar-refractivity contribution in [3.8, 4) is 0 Å². The van der Waals surface area contributed by atoms with Crippen molar-refractivity contribution in [1.82, 2.24) is 0 Å². The molecule has 1 aromatic carbocycles. The number of para-hydroxylation sites is 1. The van der Waals surface area contributed by atoms with Crippen LogP contribution in [0.25, 0.3) is 0 Å². The number of sulfone groups is 1. The Bertz CT molecular complexity index is 570. The average Bonchev–Trinajstić information content (AvgIpc) is 2.45. The molecule has 2 unspecified atom stereocenters. The third-order valence-corrected chi connectivity index (χ3v) is 5.21. The van der Waals surface area contributed by atoms with Crippen molar-refractivity contribution in [3.05, 3.63) is 24.3 Å². The predicted octanol–water partition coefficient (Wildman–Crippen LogP) is 1.79. The summed E-state index contributed by atoms with van der Waals surface area (Å²) in [7, 11) is -3.38. The molecule has 2 atom stereocenters. The fraction of sp³-hybridized carbons (Fsp3) is 0.500. The third kappa shape index (κ3) is 3.80. The van der Waals surface area contributed by atoms with Crippen LogP contribution in [0.2, 0.25) is 0 Å². The normalized spacial score (nSPS) is 14.6. The van der Waals surface area contributed by atoms with Gasteiger partial charge in [0.15, 0.2) is 9.84 Å². The minimum absolute atomic E-state index is 0.0166. The van der Waals surface area contributed by atoms with Gasteiger partial charge in [-0.05, 0) is 18.1 Å². The smallest absolute Gasteiger partial charge is 0.241 e. The average molecular weight is 298 g/mol. The SMILES string of the molecule is CCC(C)C(N)C(=O)Nc1ccccc1S(=O)(=O)CC. The molecule has 0 bridgehead atoms. The fourth-order valence-electron chi connectivity index (χ4n) is 1.73. The van der Waals surface area contributed by atoms with Crippen molar-refractivity contribution in [2.45, 2.75) is 38.1 Å². The van der Waals surface area contributed by atoms with Gasteiger partial charge >= 0.3 is 0 Å². The van der Waals surface area contributed by atoms with Crippen molar-refractivity contribution in [2.24, 2.45) is 11.7 Å². The highest BCUT2D eigenvalue weighted by Gasteiger charge is 2.22. The lowest BCUT2D eigenvalue weighted by Crippen LogP contribution is -2.40. The van der Waals surface area contributed by atoms with Gasteiger partial charge in [0.1, 0.15) is 0 Å². The molecular formula is C14H22N2O3S. The fourth-order valence-corrected chi connectivity index (χ4v) is 2.78. The van der Waals surface area contributed by atoms with E-state index in [1.165, 1.54) is 6.07 Å². The Morgan fingerprint density at radius 2 is 1.90 bits per heavy atom. The molecule has 112 valence electrons. The molecule has 20 heavy (non-hydrogen) atoms. The number of benzene rings is 1. The standard InChI is InChI=1S/C14H22N2O3S/c1-4-10(3)13(15)14(17)16-11-8-6-7-9-12(11)20(18,19)5-2/h6-10,13H,4-5,15H2,1-3H3,(H,16,17). The Hall–Kier alpha value is -1.40. The van der Waals surface area contributed by atoms with Crippen LogP contribution in [0.15, 0.2) is 29.2 Å². The zero-order valence-electron chi connectivity index (χ0n) is 12.1. The summed E-state index contributed by atoms with van der Waals surface area (Å²) < 4.78 is 24.0. The minimum Gasteiger partial charge on any atom is -0.324 e. The van der Waals surface area contributed by atoms with Crippen LogP contribution in [0.5, 0.6) is 0 Å². The highest BCUT2D eigenvalue weighted by molar-refractivity contribution is 7.91. The molecule has 0 aromatic heterocycles. The summed E-state index contributed by atoms with van der Waals surface area (Å²) in [6.45, 7) is 5.41. The van der Waals surface area contributed by atoms with Gasteiger partial charge in [-0.1, -0.05) is 39.3 Å². The third-order valence-electron chi connectivity index (χ3n) is 3.42. The number of amides is 1. The maximum atomic E-state index is 12.0. The van der Waals surface area contributed by atoms with E-state index < -0.39 is 15.9 Å². The summed E-state index contributed by atoms with van der Waals surface area (Å²) in [6, 6.07) is 5.72. The van der Waals surface area contributed by atoms with Crippen LogP contribution in [0.1, 0.15) is 27.2 Å². The van der Waals surface area contributed by atoms with Gasteiger partial charge in [0, 0.05) is 0 Å². The second kappa shape index (κ2) is 6.85. The van der Waals surface area contributed by atoms with Crippen LogP contribution in [-0.4, -0.2) is 26.1 Å². The largest absolute Gasteiger partial charge is 0.324 e. The number of rotatable bonds is 6. The maximum absolute atomic E-state index is 12.0. The number of hydrogen-bond donors (Lipinski definition) is 2. The van der Waals surface area contributed by atoms with Gasteiger partial charge in [-0.3, -0.25) is 4.79 Å². The van der Waals surface area contributed by atoms with E-state index in [1.54, 1.807) is 25.1 Å². The molecule has 1 rings (SSSR count). The van der Waals surface area contributed by atoms with E-state index in [0.29, 0.717) is 0 Å². The quantitative estimate of drug-likeness (QED) is 0.838. The molecule has 0 radical (unpaired) electrons. The highest BCUT2D eigenvalue weighted by Crippen LogP contribution is 2.22. The van der Waals surface area contributed by atoms with Gasteiger partial charge in [-0.25, -0.2) is 8.42 Å². The van der Waals surface area contributed by atoms with Crippen LogP contribution in [0.4, 0.5) is 5.69 Å². The Morgan fingerprint density at radius 1 is 1.30 bits per heavy atom. The van der Waals surface area contributed by atoms with Crippen LogP contribution in [0.3, 0.4) is 0 Å². The zero-order chi connectivity index (χ0) is 15.3. The first-order valence-corrected chi connectivity index (χ1v) is 8.37. The van der Waals surface area contributed by atoms with Crippen LogP contribution < -0.4 is 11.1 Å². The molecule has 0 fully saturated rings. The summed E-state index contributed by atoms with van der Waals surface area (Å²) in [5, 5.41) is 2.62. The number of nitrogens with one attached hydrogen (secondary N) is 1. The Labute approximate surface area is 120 Å². The Morgan fingerprint density at radius 3 is 2.45 bits per heavy atom. The van der Waals surface area contributed by atoms with Crippen molar-refractivity contribution in [1.29, 1.82) is 0 Å². The zero-order valence-corrected chi connectivity index (χ0v) is 12.9. The van der Waals surface area contributed by atoms with Gasteiger partial charge in [0.05, 0.1) is 22.4 Å². The molecule has 0 heterocycles. The van der Waals surface area contributed by atoms with E-state index in [4.69, 9.17) is 5.73 Å². The lowest BCUT2D eigenvalue weighted by Gasteiger charge is -2.18. The lowest BCUT2D eigenvalue weighted by atomic mass is 9.99. The highest BCUT2D eigenvalue weighted by atomic mass is 32.2. The number of carbonyl (C=O) groups excluding carboxylic acids is 1. The van der Waals surface area contributed by atoms with E-state index in [9.17, 15) is 13.2 Å². The summed E-state index contributed by atoms with van der Waals surface area (Å²) in [4.78, 5) is 12.2. The minimum atomic E-state index is -3.38. The number of anilines is 1. The predicted molar refractivity (Wildman–Crippen MR) is 80.2 cm³/mol. The molecule has 0 saturated carbocycles. The van der Waals surface area contributed by atoms with E-state index in [-0.39, 0.29) is 28.2 Å². The van der Waals surface area contributed by atoms with E-state index in [2.05, 4.69) is 5.32 Å². The van der Waals surface area contributed by atoms with Crippen molar-refractivity contribution in [2.75, 3.05) is 11.1 Å². The van der Waals surface area contributed by atoms with Crippen LogP contribution in [0, 0.1) is 5.92 Å². The second-order valence-electron chi connectivity index (χ2n) is 4.80. The van der Waals surface area contributed by atoms with Crippen LogP contribution in [-0.2, 0) is 14.6 Å². The number of hydrogen-bond acceptors (Lipinski definition) is 4. The molecule has 0 saturated heterocycles. The van der Waals surface area contributed by atoms with Gasteiger partial charge in [-0.15, -0.1) is 0 Å². The summed E-state index contributed by atoms with van der Waals surface area (Å²) >= 11 is 0. The first-order valence-electron chi connectivity index (χ1n) is 6.71. The lowest BCUT2D eigenvalue weighted by molar-refractivity contribution is -0.118. The maximum Gasteiger partial charge on any atom is 0.241 e. The summed E-state index contributed by atoms with van der Waals surface area (Å²) in [5.74, 6) is -0.347. The van der Waals surface area contributed by atoms with Crippen LogP contribution >= 0.6 is 0 Å². The first-order chi connectivity index (χ1) is 9.33. The number of carbonyl (C=O) groups is 1. The van der Waals surface area contributed by atoms with Crippen molar-refractivity contribution >= 4 is 21.4 Å². The van der Waals surface area contributed by atoms with E-state index in [0.717, 1.165) is 6.42 Å². The molecule has 1 amide bonds. The number of nitrogens with two attached hydrogens (primary N) is 1. The molecule has 0 spiro atoms. The molecule has 0 aliphatic carbocycles. The van der Waals surface area contributed by atoms with Gasteiger partial charge in [0.2, 0.25) is 5.91 Å². The molecule has 3 N–H and O–H groups in total. The van der Waals surface area contributed by atoms with Crippen molar-refractivity contribution in [3.63, 3.8) is 0 Å². The molecule has 0 aliphatic rings. The Balaban J connectivity index is 3.03. The first kappa shape index (κ1) is 16.7. The second-order valence-corrected chi connectivity index (χ2v) is 7.05. The molecule has 6 heteroatoms. The summed E-state index contributed by atoms with van der Waals surface area (Å²) in [5.41, 5.74) is 6.14. The van der Waals surface area contributed by atoms with Gasteiger partial charge in [-0.2, -0.15) is 0 Å². The van der Waals surface area contributed by atoms with Gasteiger partial charge < -0.3 is 11.1 Å². The van der Waals surface area contributed by atoms with Crippen molar-refractivity contribution < 1.29 is 13.2 Å². The Kier molecular flexibility index (Phi) is 5.71. The monoisotopic (exact) mass is 298 g/mol. The molecular weight excluding hydrogens is 276 g/mol. The van der Waals surface area contributed by atoms with E-state index >= 15 is 0 Å². The van der Waals surface area contributed by atoms with E-state index in [1.807, 2.05) is 13.8 Å². The topological polar surface area (TPSA) is 89.3 Å². The molecule has 0 aliphatic heterocycles. The molecule has 5 nitrogen and oxygen atoms in total. The summed E-state index contributed by atoms with van der Waals surface area (Å²) in [6.07, 6.45) is 0.781. The van der Waals surface area contributed by atoms with Gasteiger partial charge in [0.25, 0.3) is 0 Å².